The van der Waals surface area contributed by atoms with Crippen molar-refractivity contribution in [3.63, 3.8) is 0 Å². The van der Waals surface area contributed by atoms with Crippen molar-refractivity contribution in [1.82, 2.24) is 9.97 Å². The van der Waals surface area contributed by atoms with E-state index in [2.05, 4.69) is 9.97 Å². The highest BCUT2D eigenvalue weighted by Gasteiger charge is 2.15. The zero-order valence-corrected chi connectivity index (χ0v) is 7.97. The minimum atomic E-state index is -1.13. The van der Waals surface area contributed by atoms with Gasteiger partial charge >= 0.3 is 0 Å². The fraction of sp³-hybridized carbons (Fsp3) is 0.200. The molecule has 0 aliphatic heterocycles. The Bertz CT molecular complexity index is 492. The molecule has 4 N–H and O–H groups in total. The fourth-order valence-corrected chi connectivity index (χ4v) is 1.39. The number of fused-ring (bicyclic) bond motifs is 1. The van der Waals surface area contributed by atoms with Crippen LogP contribution in [0.25, 0.3) is 11.0 Å². The van der Waals surface area contributed by atoms with Gasteiger partial charge in [-0.2, -0.15) is 0 Å². The molecular formula is C10H11N3O2. The molecule has 2 aromatic rings. The van der Waals surface area contributed by atoms with E-state index in [1.165, 1.54) is 0 Å². The summed E-state index contributed by atoms with van der Waals surface area (Å²) in [5, 5.41) is 9.30. The van der Waals surface area contributed by atoms with Crippen molar-refractivity contribution in [3.05, 3.63) is 30.1 Å². The van der Waals surface area contributed by atoms with E-state index in [4.69, 9.17) is 5.73 Å². The summed E-state index contributed by atoms with van der Waals surface area (Å²) in [5.41, 5.74) is 7.20. The number of aliphatic hydroxyl groups is 1. The van der Waals surface area contributed by atoms with Crippen molar-refractivity contribution < 1.29 is 9.90 Å². The maximum Gasteiger partial charge on any atom is 0.192 e. The Morgan fingerprint density at radius 1 is 1.60 bits per heavy atom. The molecule has 0 aliphatic rings. The summed E-state index contributed by atoms with van der Waals surface area (Å²) in [4.78, 5) is 18.5. The van der Waals surface area contributed by atoms with E-state index in [0.29, 0.717) is 5.56 Å². The standard InChI is InChI=1S/C10H11N3O2/c11-4-9(14)10(15)6-1-2-7-8(3-6)13-5-12-7/h1-3,5,9,14H,4,11H2,(H,12,13). The number of aromatic nitrogens is 2. The van der Waals surface area contributed by atoms with Crippen molar-refractivity contribution in [2.75, 3.05) is 6.54 Å². The van der Waals surface area contributed by atoms with Crippen LogP contribution in [0, 0.1) is 0 Å². The van der Waals surface area contributed by atoms with Gasteiger partial charge in [0.2, 0.25) is 0 Å². The molecule has 1 heterocycles. The smallest absolute Gasteiger partial charge is 0.192 e. The Morgan fingerprint density at radius 3 is 3.13 bits per heavy atom. The van der Waals surface area contributed by atoms with Gasteiger partial charge in [-0.1, -0.05) is 0 Å². The van der Waals surface area contributed by atoms with Crippen LogP contribution in [0.4, 0.5) is 0 Å². The molecule has 0 saturated carbocycles. The molecule has 1 aromatic heterocycles. The van der Waals surface area contributed by atoms with Crippen LogP contribution in [-0.4, -0.2) is 33.5 Å². The summed E-state index contributed by atoms with van der Waals surface area (Å²) >= 11 is 0. The summed E-state index contributed by atoms with van der Waals surface area (Å²) < 4.78 is 0. The highest BCUT2D eigenvalue weighted by Crippen LogP contribution is 2.12. The van der Waals surface area contributed by atoms with Gasteiger partial charge in [0.05, 0.1) is 17.4 Å². The summed E-state index contributed by atoms with van der Waals surface area (Å²) in [7, 11) is 0. The number of nitrogens with zero attached hydrogens (tertiary/aromatic N) is 1. The maximum absolute atomic E-state index is 11.6. The number of imidazole rings is 1. The van der Waals surface area contributed by atoms with Crippen LogP contribution < -0.4 is 5.73 Å². The lowest BCUT2D eigenvalue weighted by atomic mass is 10.1. The van der Waals surface area contributed by atoms with Crippen LogP contribution in [0.2, 0.25) is 0 Å². The second-order valence-electron chi connectivity index (χ2n) is 3.25. The minimum Gasteiger partial charge on any atom is -0.384 e. The topological polar surface area (TPSA) is 92.0 Å². The highest BCUT2D eigenvalue weighted by molar-refractivity contribution is 6.01. The molecule has 78 valence electrons. The predicted molar refractivity (Wildman–Crippen MR) is 55.5 cm³/mol. The van der Waals surface area contributed by atoms with Gasteiger partial charge in [0.25, 0.3) is 0 Å². The van der Waals surface area contributed by atoms with Crippen LogP contribution >= 0.6 is 0 Å². The average molecular weight is 205 g/mol. The first kappa shape index (κ1) is 9.82. The number of nitrogens with two attached hydrogens (primary N) is 1. The zero-order chi connectivity index (χ0) is 10.8. The maximum atomic E-state index is 11.6. The third-order valence-corrected chi connectivity index (χ3v) is 2.23. The molecule has 0 bridgehead atoms. The lowest BCUT2D eigenvalue weighted by Gasteiger charge is -2.05. The molecule has 0 fully saturated rings. The number of hydrogen-bond donors (Lipinski definition) is 3. The van der Waals surface area contributed by atoms with Crippen molar-refractivity contribution in [3.8, 4) is 0 Å². The molecule has 0 saturated heterocycles. The zero-order valence-electron chi connectivity index (χ0n) is 7.97. The van der Waals surface area contributed by atoms with Gasteiger partial charge in [0, 0.05) is 12.1 Å². The Hall–Kier alpha value is -1.72. The second kappa shape index (κ2) is 3.80. The minimum absolute atomic E-state index is 0.0696. The van der Waals surface area contributed by atoms with E-state index >= 15 is 0 Å². The number of Topliss-reactive ketones (excluding diaryl/α,β-unsaturated/α-hetero) is 1. The van der Waals surface area contributed by atoms with Crippen LogP contribution in [0.15, 0.2) is 24.5 Å². The summed E-state index contributed by atoms with van der Waals surface area (Å²) in [5.74, 6) is -0.367. The van der Waals surface area contributed by atoms with Gasteiger partial charge in [-0.15, -0.1) is 0 Å². The number of carbonyl (C=O) groups is 1. The van der Waals surface area contributed by atoms with Gasteiger partial charge < -0.3 is 15.8 Å². The first-order chi connectivity index (χ1) is 7.22. The first-order valence-corrected chi connectivity index (χ1v) is 4.58. The largest absolute Gasteiger partial charge is 0.384 e. The number of aromatic amines is 1. The number of rotatable bonds is 3. The van der Waals surface area contributed by atoms with Crippen molar-refractivity contribution in [1.29, 1.82) is 0 Å². The number of ketones is 1. The third-order valence-electron chi connectivity index (χ3n) is 2.23. The van der Waals surface area contributed by atoms with Gasteiger partial charge in [0.15, 0.2) is 5.78 Å². The Balaban J connectivity index is 2.39. The molecule has 2 rings (SSSR count). The SMILES string of the molecule is NCC(O)C(=O)c1ccc2nc[nH]c2c1. The van der Waals surface area contributed by atoms with Gasteiger partial charge in [-0.25, -0.2) is 4.98 Å². The van der Waals surface area contributed by atoms with E-state index in [1.807, 2.05) is 0 Å². The molecule has 5 heteroatoms. The van der Waals surface area contributed by atoms with Crippen LogP contribution in [0.1, 0.15) is 10.4 Å². The van der Waals surface area contributed by atoms with Gasteiger partial charge in [0.1, 0.15) is 6.10 Å². The Kier molecular flexibility index (Phi) is 2.49. The fourth-order valence-electron chi connectivity index (χ4n) is 1.39. The van der Waals surface area contributed by atoms with E-state index in [1.54, 1.807) is 24.5 Å². The number of nitrogens with one attached hydrogen (secondary N) is 1. The highest BCUT2D eigenvalue weighted by atomic mass is 16.3. The van der Waals surface area contributed by atoms with E-state index in [9.17, 15) is 9.90 Å². The number of carbonyl (C=O) groups excluding carboxylic acids is 1. The lowest BCUT2D eigenvalue weighted by Crippen LogP contribution is -2.29. The molecule has 0 radical (unpaired) electrons. The summed E-state index contributed by atoms with van der Waals surface area (Å²) in [6, 6.07) is 5.01. The molecule has 1 unspecified atom stereocenters. The van der Waals surface area contributed by atoms with Crippen molar-refractivity contribution in [2.24, 2.45) is 5.73 Å². The normalized spacial score (nSPS) is 12.9. The number of benzene rings is 1. The molecule has 0 spiro atoms. The van der Waals surface area contributed by atoms with Crippen LogP contribution in [0.5, 0.6) is 0 Å². The molecule has 1 atom stereocenters. The molecule has 0 aliphatic carbocycles. The van der Waals surface area contributed by atoms with E-state index in [-0.39, 0.29) is 12.3 Å². The number of H-pyrrole nitrogens is 1. The monoisotopic (exact) mass is 205 g/mol. The lowest BCUT2D eigenvalue weighted by molar-refractivity contribution is 0.0763. The number of hydrogen-bond acceptors (Lipinski definition) is 4. The molecule has 15 heavy (non-hydrogen) atoms. The van der Waals surface area contributed by atoms with E-state index in [0.717, 1.165) is 11.0 Å². The molecule has 5 nitrogen and oxygen atoms in total. The Labute approximate surface area is 85.9 Å². The van der Waals surface area contributed by atoms with E-state index < -0.39 is 6.10 Å². The molecule has 1 aromatic carbocycles. The third kappa shape index (κ3) is 1.74. The van der Waals surface area contributed by atoms with Crippen LogP contribution in [0.3, 0.4) is 0 Å². The first-order valence-electron chi connectivity index (χ1n) is 4.58. The Morgan fingerprint density at radius 2 is 2.40 bits per heavy atom. The second-order valence-corrected chi connectivity index (χ2v) is 3.25. The van der Waals surface area contributed by atoms with Gasteiger partial charge in [-0.05, 0) is 18.2 Å². The molecule has 0 amide bonds. The van der Waals surface area contributed by atoms with Gasteiger partial charge in [-0.3, -0.25) is 4.79 Å². The van der Waals surface area contributed by atoms with Crippen LogP contribution in [-0.2, 0) is 0 Å². The number of aliphatic hydroxyl groups excluding tert-OH is 1. The summed E-state index contributed by atoms with van der Waals surface area (Å²) in [6.45, 7) is -0.0696. The average Bonchev–Trinajstić information content (AvgIpc) is 2.73. The molecular weight excluding hydrogens is 194 g/mol. The quantitative estimate of drug-likeness (QED) is 0.618. The van der Waals surface area contributed by atoms with Crippen molar-refractivity contribution in [2.45, 2.75) is 6.10 Å². The summed E-state index contributed by atoms with van der Waals surface area (Å²) in [6.07, 6.45) is 0.420. The predicted octanol–water partition coefficient (Wildman–Crippen LogP) is 0.0652. The van der Waals surface area contributed by atoms with Crippen molar-refractivity contribution >= 4 is 16.8 Å².